The van der Waals surface area contributed by atoms with Gasteiger partial charge in [0.15, 0.2) is 0 Å². The van der Waals surface area contributed by atoms with E-state index in [0.29, 0.717) is 12.1 Å². The summed E-state index contributed by atoms with van der Waals surface area (Å²) in [6, 6.07) is 5.62. The van der Waals surface area contributed by atoms with Crippen LogP contribution >= 0.6 is 0 Å². The van der Waals surface area contributed by atoms with E-state index >= 15 is 0 Å². The summed E-state index contributed by atoms with van der Waals surface area (Å²) < 4.78 is 0. The molecule has 0 aliphatic heterocycles. The van der Waals surface area contributed by atoms with Crippen molar-refractivity contribution in [2.45, 2.75) is 34.1 Å². The van der Waals surface area contributed by atoms with Crippen LogP contribution in [0, 0.1) is 12.8 Å². The van der Waals surface area contributed by atoms with E-state index in [1.54, 1.807) is 0 Å². The number of benzene rings is 1. The lowest BCUT2D eigenvalue weighted by molar-refractivity contribution is -0.118. The highest BCUT2D eigenvalue weighted by molar-refractivity contribution is 5.95. The average Bonchev–Trinajstić information content (AvgIpc) is 2.38. The molecule has 1 amide bonds. The van der Waals surface area contributed by atoms with Crippen LogP contribution in [-0.4, -0.2) is 10.9 Å². The van der Waals surface area contributed by atoms with Crippen molar-refractivity contribution < 1.29 is 4.79 Å². The first-order valence-electron chi connectivity index (χ1n) is 6.90. The smallest absolute Gasteiger partial charge is 0.251 e. The molecule has 0 radical (unpaired) electrons. The maximum Gasteiger partial charge on any atom is 0.251 e. The molecule has 1 aromatic heterocycles. The van der Waals surface area contributed by atoms with E-state index in [2.05, 4.69) is 10.3 Å². The Kier molecular flexibility index (Phi) is 3.93. The fraction of sp³-hybridized carbons (Fsp3) is 0.375. The molecule has 106 valence electrons. The third-order valence-corrected chi connectivity index (χ3v) is 3.54. The molecule has 2 N–H and O–H groups in total. The Morgan fingerprint density at radius 3 is 2.65 bits per heavy atom. The predicted molar refractivity (Wildman–Crippen MR) is 82.2 cm³/mol. The maximum atomic E-state index is 12.0. The number of pyridine rings is 1. The van der Waals surface area contributed by atoms with E-state index in [1.807, 2.05) is 45.9 Å². The molecule has 2 rings (SSSR count). The lowest BCUT2D eigenvalue weighted by Crippen LogP contribution is -2.18. The van der Waals surface area contributed by atoms with Gasteiger partial charge in [0.25, 0.3) is 5.56 Å². The summed E-state index contributed by atoms with van der Waals surface area (Å²) in [7, 11) is 0. The third kappa shape index (κ3) is 2.59. The van der Waals surface area contributed by atoms with Crippen molar-refractivity contribution in [3.05, 3.63) is 39.7 Å². The van der Waals surface area contributed by atoms with Gasteiger partial charge in [-0.3, -0.25) is 9.59 Å². The number of H-pyrrole nitrogens is 1. The predicted octanol–water partition coefficient (Wildman–Crippen LogP) is 2.99. The van der Waals surface area contributed by atoms with Crippen LogP contribution in [0.5, 0.6) is 0 Å². The lowest BCUT2D eigenvalue weighted by atomic mass is 10.0. The molecule has 0 aliphatic carbocycles. The van der Waals surface area contributed by atoms with Gasteiger partial charge in [0.2, 0.25) is 5.91 Å². The Morgan fingerprint density at radius 1 is 1.35 bits per heavy atom. The highest BCUT2D eigenvalue weighted by atomic mass is 16.1. The van der Waals surface area contributed by atoms with Crippen molar-refractivity contribution in [2.75, 3.05) is 5.32 Å². The van der Waals surface area contributed by atoms with E-state index < -0.39 is 0 Å². The van der Waals surface area contributed by atoms with Gasteiger partial charge in [-0.25, -0.2) is 0 Å². The Labute approximate surface area is 118 Å². The normalized spacial score (nSPS) is 11.1. The number of aryl methyl sites for hydroxylation is 1. The van der Waals surface area contributed by atoms with Crippen LogP contribution in [0.15, 0.2) is 23.0 Å². The van der Waals surface area contributed by atoms with Gasteiger partial charge in [0, 0.05) is 22.6 Å². The number of hydrogen-bond donors (Lipinski definition) is 2. The minimum Gasteiger partial charge on any atom is -0.326 e. The van der Waals surface area contributed by atoms with Gasteiger partial charge in [-0.15, -0.1) is 0 Å². The molecule has 1 heterocycles. The number of aromatic amines is 1. The SMILES string of the molecule is CCc1c(C)c2ccc(NC(=O)C(C)C)cc2[nH]c1=O. The minimum absolute atomic E-state index is 0.0337. The second-order valence-corrected chi connectivity index (χ2v) is 5.32. The standard InChI is InChI=1S/C16H20N2O2/c1-5-12-10(4)13-7-6-11(17-15(19)9(2)3)8-14(13)18-16(12)20/h6-9H,5H2,1-4H3,(H,17,19)(H,18,20). The highest BCUT2D eigenvalue weighted by Gasteiger charge is 2.10. The van der Waals surface area contributed by atoms with Crippen molar-refractivity contribution in [1.29, 1.82) is 0 Å². The number of nitrogens with one attached hydrogen (secondary N) is 2. The summed E-state index contributed by atoms with van der Waals surface area (Å²) in [5.41, 5.74) is 3.23. The topological polar surface area (TPSA) is 62.0 Å². The molecule has 2 aromatic rings. The molecule has 1 aromatic carbocycles. The number of carbonyl (C=O) groups is 1. The quantitative estimate of drug-likeness (QED) is 0.902. The fourth-order valence-corrected chi connectivity index (χ4v) is 2.30. The second kappa shape index (κ2) is 5.49. The van der Waals surface area contributed by atoms with Crippen LogP contribution in [0.3, 0.4) is 0 Å². The second-order valence-electron chi connectivity index (χ2n) is 5.32. The first kappa shape index (κ1) is 14.3. The van der Waals surface area contributed by atoms with Crippen molar-refractivity contribution in [3.63, 3.8) is 0 Å². The molecule has 4 heteroatoms. The monoisotopic (exact) mass is 272 g/mol. The molecular formula is C16H20N2O2. The largest absolute Gasteiger partial charge is 0.326 e. The van der Waals surface area contributed by atoms with Crippen LogP contribution in [0.2, 0.25) is 0 Å². The van der Waals surface area contributed by atoms with Crippen LogP contribution in [0.4, 0.5) is 5.69 Å². The molecule has 0 aliphatic rings. The zero-order valence-corrected chi connectivity index (χ0v) is 12.3. The van der Waals surface area contributed by atoms with Gasteiger partial charge in [-0.1, -0.05) is 26.8 Å². The van der Waals surface area contributed by atoms with Gasteiger partial charge < -0.3 is 10.3 Å². The lowest BCUT2D eigenvalue weighted by Gasteiger charge is -2.11. The van der Waals surface area contributed by atoms with Crippen LogP contribution in [0.25, 0.3) is 10.9 Å². The van der Waals surface area contributed by atoms with Gasteiger partial charge >= 0.3 is 0 Å². The Morgan fingerprint density at radius 2 is 2.05 bits per heavy atom. The molecule has 0 saturated carbocycles. The van der Waals surface area contributed by atoms with Crippen LogP contribution in [-0.2, 0) is 11.2 Å². The molecule has 0 bridgehead atoms. The summed E-state index contributed by atoms with van der Waals surface area (Å²) >= 11 is 0. The first-order valence-corrected chi connectivity index (χ1v) is 6.90. The summed E-state index contributed by atoms with van der Waals surface area (Å²) in [5.74, 6) is -0.109. The number of rotatable bonds is 3. The number of anilines is 1. The summed E-state index contributed by atoms with van der Waals surface area (Å²) in [6.45, 7) is 7.62. The first-order chi connectivity index (χ1) is 9.43. The Hall–Kier alpha value is -2.10. The average molecular weight is 272 g/mol. The zero-order chi connectivity index (χ0) is 14.9. The number of aromatic nitrogens is 1. The number of fused-ring (bicyclic) bond motifs is 1. The highest BCUT2D eigenvalue weighted by Crippen LogP contribution is 2.21. The third-order valence-electron chi connectivity index (χ3n) is 3.54. The van der Waals surface area contributed by atoms with E-state index in [1.165, 1.54) is 0 Å². The van der Waals surface area contributed by atoms with E-state index in [9.17, 15) is 9.59 Å². The molecular weight excluding hydrogens is 252 g/mol. The molecule has 0 fully saturated rings. The van der Waals surface area contributed by atoms with Gasteiger partial charge in [0.1, 0.15) is 0 Å². The summed E-state index contributed by atoms with van der Waals surface area (Å²) in [4.78, 5) is 26.6. The number of amides is 1. The molecule has 0 unspecified atom stereocenters. The molecule has 20 heavy (non-hydrogen) atoms. The summed E-state index contributed by atoms with van der Waals surface area (Å²) in [5, 5.41) is 3.86. The van der Waals surface area contributed by atoms with E-state index in [4.69, 9.17) is 0 Å². The molecule has 4 nitrogen and oxygen atoms in total. The van der Waals surface area contributed by atoms with E-state index in [-0.39, 0.29) is 17.4 Å². The Bertz CT molecular complexity index is 714. The van der Waals surface area contributed by atoms with E-state index in [0.717, 1.165) is 22.0 Å². The number of hydrogen-bond acceptors (Lipinski definition) is 2. The molecule has 0 saturated heterocycles. The van der Waals surface area contributed by atoms with Gasteiger partial charge in [0.05, 0.1) is 5.52 Å². The van der Waals surface area contributed by atoms with Crippen molar-refractivity contribution >= 4 is 22.5 Å². The summed E-state index contributed by atoms with van der Waals surface area (Å²) in [6.07, 6.45) is 0.711. The van der Waals surface area contributed by atoms with Crippen LogP contribution < -0.4 is 10.9 Å². The van der Waals surface area contributed by atoms with Gasteiger partial charge in [-0.05, 0) is 31.0 Å². The Balaban J connectivity index is 2.50. The zero-order valence-electron chi connectivity index (χ0n) is 12.3. The molecule has 0 spiro atoms. The molecule has 0 atom stereocenters. The van der Waals surface area contributed by atoms with Crippen molar-refractivity contribution in [3.8, 4) is 0 Å². The van der Waals surface area contributed by atoms with Crippen molar-refractivity contribution in [2.24, 2.45) is 5.92 Å². The van der Waals surface area contributed by atoms with Crippen LogP contribution in [0.1, 0.15) is 31.9 Å². The number of carbonyl (C=O) groups excluding carboxylic acids is 1. The van der Waals surface area contributed by atoms with Crippen molar-refractivity contribution in [1.82, 2.24) is 4.98 Å². The maximum absolute atomic E-state index is 12.0. The van der Waals surface area contributed by atoms with Gasteiger partial charge in [-0.2, -0.15) is 0 Å². The minimum atomic E-state index is -0.0750. The fourth-order valence-electron chi connectivity index (χ4n) is 2.30.